The summed E-state index contributed by atoms with van der Waals surface area (Å²) in [6, 6.07) is 24.7. The lowest BCUT2D eigenvalue weighted by Crippen LogP contribution is -2.17. The Morgan fingerprint density at radius 2 is 1.52 bits per heavy atom. The number of rotatable bonds is 6. The van der Waals surface area contributed by atoms with E-state index < -0.39 is 6.10 Å². The van der Waals surface area contributed by atoms with Crippen molar-refractivity contribution in [2.45, 2.75) is 19.1 Å². The average Bonchev–Trinajstić information content (AvgIpc) is 2.59. The number of halogens is 1. The molecule has 0 radical (unpaired) electrons. The third kappa shape index (κ3) is 4.80. The van der Waals surface area contributed by atoms with Gasteiger partial charge in [0.2, 0.25) is 0 Å². The molecule has 0 aromatic heterocycles. The van der Waals surface area contributed by atoms with E-state index in [2.05, 4.69) is 41.7 Å². The zero-order valence-electron chi connectivity index (χ0n) is 13.0. The Morgan fingerprint density at radius 1 is 0.826 bits per heavy atom. The van der Waals surface area contributed by atoms with Crippen LogP contribution < -0.4 is 5.32 Å². The van der Waals surface area contributed by atoms with Crippen LogP contribution >= 0.6 is 12.4 Å². The molecule has 2 N–H and O–H groups in total. The van der Waals surface area contributed by atoms with Crippen LogP contribution in [0.25, 0.3) is 10.8 Å². The van der Waals surface area contributed by atoms with Crippen LogP contribution in [0.1, 0.15) is 23.7 Å². The molecule has 0 saturated carbocycles. The first-order valence-corrected chi connectivity index (χ1v) is 7.74. The second-order valence-corrected chi connectivity index (χ2v) is 5.57. The first kappa shape index (κ1) is 17.5. The van der Waals surface area contributed by atoms with Gasteiger partial charge in [-0.2, -0.15) is 0 Å². The van der Waals surface area contributed by atoms with E-state index >= 15 is 0 Å². The molecule has 0 spiro atoms. The molecule has 0 aliphatic carbocycles. The van der Waals surface area contributed by atoms with Gasteiger partial charge < -0.3 is 10.4 Å². The topological polar surface area (TPSA) is 32.3 Å². The summed E-state index contributed by atoms with van der Waals surface area (Å²) in [7, 11) is 0. The lowest BCUT2D eigenvalue weighted by atomic mass is 10.0. The Labute approximate surface area is 143 Å². The molecule has 0 aliphatic rings. The van der Waals surface area contributed by atoms with Crippen molar-refractivity contribution in [2.75, 3.05) is 6.54 Å². The van der Waals surface area contributed by atoms with E-state index in [9.17, 15) is 5.11 Å². The third-order valence-corrected chi connectivity index (χ3v) is 3.92. The molecule has 0 aliphatic heterocycles. The summed E-state index contributed by atoms with van der Waals surface area (Å²) in [6.07, 6.45) is 0.290. The van der Waals surface area contributed by atoms with Crippen LogP contribution in [-0.4, -0.2) is 11.7 Å². The SMILES string of the molecule is Cl.OC(CCNCc1ccccc1)c1ccc2ccccc2c1. The fraction of sp³-hybridized carbons (Fsp3) is 0.200. The Balaban J connectivity index is 0.00000192. The number of aliphatic hydroxyl groups is 1. The highest BCUT2D eigenvalue weighted by Crippen LogP contribution is 2.22. The van der Waals surface area contributed by atoms with E-state index in [1.54, 1.807) is 0 Å². The number of nitrogens with one attached hydrogen (secondary N) is 1. The molecule has 1 unspecified atom stereocenters. The van der Waals surface area contributed by atoms with Crippen molar-refractivity contribution < 1.29 is 5.11 Å². The number of hydrogen-bond acceptors (Lipinski definition) is 2. The molecule has 0 saturated heterocycles. The molecule has 3 heteroatoms. The van der Waals surface area contributed by atoms with Gasteiger partial charge >= 0.3 is 0 Å². The number of aliphatic hydroxyl groups excluding tert-OH is 1. The summed E-state index contributed by atoms with van der Waals surface area (Å²) in [4.78, 5) is 0. The Kier molecular flexibility index (Phi) is 6.60. The van der Waals surface area contributed by atoms with E-state index in [0.717, 1.165) is 18.7 Å². The van der Waals surface area contributed by atoms with Gasteiger partial charge in [0.25, 0.3) is 0 Å². The van der Waals surface area contributed by atoms with Crippen LogP contribution in [0.15, 0.2) is 72.8 Å². The van der Waals surface area contributed by atoms with Crippen molar-refractivity contribution in [3.8, 4) is 0 Å². The molecule has 2 nitrogen and oxygen atoms in total. The third-order valence-electron chi connectivity index (χ3n) is 3.92. The van der Waals surface area contributed by atoms with Crippen molar-refractivity contribution in [1.29, 1.82) is 0 Å². The van der Waals surface area contributed by atoms with Gasteiger partial charge in [0, 0.05) is 6.54 Å². The predicted molar refractivity (Wildman–Crippen MR) is 98.9 cm³/mol. The second kappa shape index (κ2) is 8.68. The lowest BCUT2D eigenvalue weighted by molar-refractivity contribution is 0.167. The van der Waals surface area contributed by atoms with E-state index in [1.165, 1.54) is 16.3 Å². The first-order chi connectivity index (χ1) is 10.8. The number of hydrogen-bond donors (Lipinski definition) is 2. The van der Waals surface area contributed by atoms with Crippen LogP contribution in [-0.2, 0) is 6.54 Å². The monoisotopic (exact) mass is 327 g/mol. The quantitative estimate of drug-likeness (QED) is 0.654. The fourth-order valence-electron chi connectivity index (χ4n) is 2.65. The van der Waals surface area contributed by atoms with Crippen LogP contribution in [0.2, 0.25) is 0 Å². The van der Waals surface area contributed by atoms with E-state index in [0.29, 0.717) is 6.42 Å². The standard InChI is InChI=1S/C20H21NO.ClH/c22-20(12-13-21-15-16-6-2-1-3-7-16)19-11-10-17-8-4-5-9-18(17)14-19;/h1-11,14,20-22H,12-13,15H2;1H. The van der Waals surface area contributed by atoms with Gasteiger partial charge in [-0.15, -0.1) is 12.4 Å². The summed E-state index contributed by atoms with van der Waals surface area (Å²) in [5.41, 5.74) is 2.25. The van der Waals surface area contributed by atoms with Crippen LogP contribution in [0.4, 0.5) is 0 Å². The molecule has 0 bridgehead atoms. The second-order valence-electron chi connectivity index (χ2n) is 5.57. The Bertz CT molecular complexity index is 730. The van der Waals surface area contributed by atoms with E-state index in [1.807, 2.05) is 36.4 Å². The maximum Gasteiger partial charge on any atom is 0.0802 e. The fourth-order valence-corrected chi connectivity index (χ4v) is 2.65. The molecule has 0 heterocycles. The van der Waals surface area contributed by atoms with Gasteiger partial charge in [0.15, 0.2) is 0 Å². The summed E-state index contributed by atoms with van der Waals surface area (Å²) < 4.78 is 0. The normalized spacial score (nSPS) is 11.9. The predicted octanol–water partition coefficient (Wildman–Crippen LogP) is 4.47. The van der Waals surface area contributed by atoms with Crippen molar-refractivity contribution in [2.24, 2.45) is 0 Å². The maximum absolute atomic E-state index is 10.3. The van der Waals surface area contributed by atoms with Crippen LogP contribution in [0, 0.1) is 0 Å². The van der Waals surface area contributed by atoms with Crippen LogP contribution in [0.5, 0.6) is 0 Å². The van der Waals surface area contributed by atoms with E-state index in [4.69, 9.17) is 0 Å². The molecule has 23 heavy (non-hydrogen) atoms. The van der Waals surface area contributed by atoms with Crippen molar-refractivity contribution >= 4 is 23.2 Å². The van der Waals surface area contributed by atoms with Gasteiger partial charge in [-0.1, -0.05) is 66.7 Å². The van der Waals surface area contributed by atoms with E-state index in [-0.39, 0.29) is 12.4 Å². The highest BCUT2D eigenvalue weighted by atomic mass is 35.5. The molecular formula is C20H22ClNO. The van der Waals surface area contributed by atoms with Gasteiger partial charge in [-0.05, 0) is 40.9 Å². The zero-order chi connectivity index (χ0) is 15.2. The van der Waals surface area contributed by atoms with Gasteiger partial charge in [0.05, 0.1) is 6.10 Å². The minimum absolute atomic E-state index is 0. The molecular weight excluding hydrogens is 306 g/mol. The van der Waals surface area contributed by atoms with Crippen LogP contribution in [0.3, 0.4) is 0 Å². The summed E-state index contributed by atoms with van der Waals surface area (Å²) >= 11 is 0. The molecule has 3 rings (SSSR count). The van der Waals surface area contributed by atoms with Crippen molar-refractivity contribution in [1.82, 2.24) is 5.32 Å². The highest BCUT2D eigenvalue weighted by Gasteiger charge is 2.07. The van der Waals surface area contributed by atoms with Crippen molar-refractivity contribution in [3.05, 3.63) is 83.9 Å². The molecule has 120 valence electrons. The summed E-state index contributed by atoms with van der Waals surface area (Å²) in [5.74, 6) is 0. The maximum atomic E-state index is 10.3. The van der Waals surface area contributed by atoms with Gasteiger partial charge in [-0.25, -0.2) is 0 Å². The molecule has 0 fully saturated rings. The number of benzene rings is 3. The smallest absolute Gasteiger partial charge is 0.0802 e. The first-order valence-electron chi connectivity index (χ1n) is 7.74. The summed E-state index contributed by atoms with van der Waals surface area (Å²) in [6.45, 7) is 1.63. The lowest BCUT2D eigenvalue weighted by Gasteiger charge is -2.12. The zero-order valence-corrected chi connectivity index (χ0v) is 13.8. The van der Waals surface area contributed by atoms with Gasteiger partial charge in [0.1, 0.15) is 0 Å². The van der Waals surface area contributed by atoms with Gasteiger partial charge in [-0.3, -0.25) is 0 Å². The molecule has 1 atom stereocenters. The minimum atomic E-state index is -0.423. The molecule has 3 aromatic carbocycles. The minimum Gasteiger partial charge on any atom is -0.388 e. The Morgan fingerprint density at radius 3 is 2.30 bits per heavy atom. The summed E-state index contributed by atoms with van der Waals surface area (Å²) in [5, 5.41) is 16.1. The molecule has 3 aromatic rings. The average molecular weight is 328 g/mol. The Hall–Kier alpha value is -1.87. The largest absolute Gasteiger partial charge is 0.388 e. The highest BCUT2D eigenvalue weighted by molar-refractivity contribution is 5.85. The molecule has 0 amide bonds. The number of fused-ring (bicyclic) bond motifs is 1. The van der Waals surface area contributed by atoms with Crippen molar-refractivity contribution in [3.63, 3.8) is 0 Å².